The summed E-state index contributed by atoms with van der Waals surface area (Å²) in [5.74, 6) is 0.937. The van der Waals surface area contributed by atoms with E-state index in [4.69, 9.17) is 0 Å². The van der Waals surface area contributed by atoms with Crippen LogP contribution in [0.25, 0.3) is 11.2 Å². The molecule has 9 nitrogen and oxygen atoms in total. The summed E-state index contributed by atoms with van der Waals surface area (Å²) in [5, 5.41) is 8.74. The summed E-state index contributed by atoms with van der Waals surface area (Å²) in [6.45, 7) is 9.14. The molecule has 1 N–H and O–H groups in total. The van der Waals surface area contributed by atoms with E-state index in [1.54, 1.807) is 12.7 Å². The summed E-state index contributed by atoms with van der Waals surface area (Å²) in [6, 6.07) is 0.392. The van der Waals surface area contributed by atoms with Crippen molar-refractivity contribution < 1.29 is 0 Å². The number of nitrogens with one attached hydrogen (secondary N) is 1. The van der Waals surface area contributed by atoms with Crippen LogP contribution >= 0.6 is 0 Å². The van der Waals surface area contributed by atoms with E-state index in [9.17, 15) is 0 Å². The Labute approximate surface area is 152 Å². The Balaban J connectivity index is 1.41. The molecule has 0 bridgehead atoms. The summed E-state index contributed by atoms with van der Waals surface area (Å²) in [4.78, 5) is 20.7. The Bertz CT molecular complexity index is 843. The van der Waals surface area contributed by atoms with Crippen LogP contribution in [0.2, 0.25) is 0 Å². The highest BCUT2D eigenvalue weighted by Gasteiger charge is 2.24. The lowest BCUT2D eigenvalue weighted by atomic mass is 10.1. The summed E-state index contributed by atoms with van der Waals surface area (Å²) < 4.78 is 2.04. The number of aromatic nitrogens is 7. The Morgan fingerprint density at radius 1 is 1.15 bits per heavy atom. The van der Waals surface area contributed by atoms with E-state index in [1.165, 1.54) is 0 Å². The zero-order chi connectivity index (χ0) is 17.9. The minimum absolute atomic E-state index is 0.392. The number of H-pyrrole nitrogens is 1. The smallest absolute Gasteiger partial charge is 0.182 e. The largest absolute Gasteiger partial charge is 0.355 e. The van der Waals surface area contributed by atoms with Gasteiger partial charge in [-0.2, -0.15) is 0 Å². The predicted molar refractivity (Wildman–Crippen MR) is 98.8 cm³/mol. The number of hydrogen-bond acceptors (Lipinski definition) is 7. The van der Waals surface area contributed by atoms with Gasteiger partial charge in [-0.3, -0.25) is 4.90 Å². The van der Waals surface area contributed by atoms with Gasteiger partial charge in [0.2, 0.25) is 0 Å². The van der Waals surface area contributed by atoms with Crippen LogP contribution in [0.3, 0.4) is 0 Å². The first-order valence-corrected chi connectivity index (χ1v) is 9.30. The normalized spacial score (nSPS) is 16.0. The Morgan fingerprint density at radius 3 is 2.73 bits per heavy atom. The van der Waals surface area contributed by atoms with Crippen molar-refractivity contribution in [2.24, 2.45) is 0 Å². The van der Waals surface area contributed by atoms with Crippen molar-refractivity contribution in [1.29, 1.82) is 0 Å². The molecule has 0 radical (unpaired) electrons. The molecule has 0 unspecified atom stereocenters. The number of imidazole rings is 1. The molecule has 1 saturated heterocycles. The summed E-state index contributed by atoms with van der Waals surface area (Å²) in [5.41, 5.74) is 2.67. The second-order valence-electron chi connectivity index (χ2n) is 6.67. The highest BCUT2D eigenvalue weighted by molar-refractivity contribution is 5.82. The van der Waals surface area contributed by atoms with Crippen LogP contribution in [-0.2, 0) is 6.54 Å². The number of fused-ring (bicyclic) bond motifs is 1. The molecule has 1 aliphatic heterocycles. The minimum atomic E-state index is 0.392. The highest BCUT2D eigenvalue weighted by Crippen LogP contribution is 2.27. The van der Waals surface area contributed by atoms with Crippen molar-refractivity contribution in [2.45, 2.75) is 39.3 Å². The first kappa shape index (κ1) is 16.9. The van der Waals surface area contributed by atoms with Gasteiger partial charge in [-0.05, 0) is 25.9 Å². The molecule has 0 saturated carbocycles. The van der Waals surface area contributed by atoms with E-state index in [0.717, 1.165) is 68.2 Å². The van der Waals surface area contributed by atoms with Gasteiger partial charge >= 0.3 is 0 Å². The van der Waals surface area contributed by atoms with Gasteiger partial charge in [0.25, 0.3) is 0 Å². The maximum atomic E-state index is 4.46. The molecule has 1 aliphatic rings. The van der Waals surface area contributed by atoms with E-state index < -0.39 is 0 Å². The molecule has 0 aromatic carbocycles. The van der Waals surface area contributed by atoms with Crippen molar-refractivity contribution in [2.75, 3.05) is 31.1 Å². The number of aromatic amines is 1. The average molecular weight is 355 g/mol. The summed E-state index contributed by atoms with van der Waals surface area (Å²) in [7, 11) is 0. The maximum Gasteiger partial charge on any atom is 0.182 e. The summed E-state index contributed by atoms with van der Waals surface area (Å²) in [6.07, 6.45) is 7.40. The molecule has 4 rings (SSSR count). The number of anilines is 1. The first-order valence-electron chi connectivity index (χ1n) is 9.30. The monoisotopic (exact) mass is 355 g/mol. The first-order chi connectivity index (χ1) is 12.8. The lowest BCUT2D eigenvalue weighted by Crippen LogP contribution is -2.35. The molecule has 26 heavy (non-hydrogen) atoms. The molecule has 0 aliphatic carbocycles. The fraction of sp³-hybridized carbons (Fsp3) is 0.588. The molecule has 138 valence electrons. The number of hydrogen-bond donors (Lipinski definition) is 1. The van der Waals surface area contributed by atoms with Gasteiger partial charge in [-0.1, -0.05) is 19.1 Å². The van der Waals surface area contributed by atoms with Crippen LogP contribution < -0.4 is 4.90 Å². The van der Waals surface area contributed by atoms with Crippen LogP contribution in [0.5, 0.6) is 0 Å². The topological polar surface area (TPSA) is 91.7 Å². The molecule has 3 aromatic heterocycles. The quantitative estimate of drug-likeness (QED) is 0.718. The molecule has 0 atom stereocenters. The number of piperidine rings is 1. The van der Waals surface area contributed by atoms with Gasteiger partial charge in [0.15, 0.2) is 11.5 Å². The Kier molecular flexibility index (Phi) is 4.79. The number of nitrogens with zero attached hydrogens (tertiary/aromatic N) is 8. The maximum absolute atomic E-state index is 4.46. The van der Waals surface area contributed by atoms with Gasteiger partial charge in [-0.15, -0.1) is 5.10 Å². The van der Waals surface area contributed by atoms with Crippen LogP contribution in [0.4, 0.5) is 5.82 Å². The zero-order valence-electron chi connectivity index (χ0n) is 15.3. The fourth-order valence-electron chi connectivity index (χ4n) is 3.57. The van der Waals surface area contributed by atoms with Crippen molar-refractivity contribution >= 4 is 17.0 Å². The second kappa shape index (κ2) is 7.36. The SMILES string of the molecule is CCN(CC)Cc1cn(C2CCN(c3ncnc4nc[nH]c34)CC2)nn1. The van der Waals surface area contributed by atoms with Crippen molar-refractivity contribution in [3.63, 3.8) is 0 Å². The average Bonchev–Trinajstić information content (AvgIpc) is 3.35. The minimum Gasteiger partial charge on any atom is -0.355 e. The van der Waals surface area contributed by atoms with Crippen LogP contribution in [0, 0.1) is 0 Å². The van der Waals surface area contributed by atoms with Crippen molar-refractivity contribution in [1.82, 2.24) is 39.8 Å². The molecular formula is C17H25N9. The molecule has 0 amide bonds. The van der Waals surface area contributed by atoms with Crippen LogP contribution in [-0.4, -0.2) is 66.0 Å². The third kappa shape index (κ3) is 3.26. The third-order valence-electron chi connectivity index (χ3n) is 5.18. The van der Waals surface area contributed by atoms with Gasteiger partial charge in [0, 0.05) is 19.6 Å². The van der Waals surface area contributed by atoms with Crippen LogP contribution in [0.15, 0.2) is 18.9 Å². The lowest BCUT2D eigenvalue weighted by Gasteiger charge is -2.32. The molecule has 3 aromatic rings. The van der Waals surface area contributed by atoms with Gasteiger partial charge in [0.1, 0.15) is 11.8 Å². The zero-order valence-corrected chi connectivity index (χ0v) is 15.3. The molecule has 9 heteroatoms. The van der Waals surface area contributed by atoms with E-state index in [0.29, 0.717) is 6.04 Å². The van der Waals surface area contributed by atoms with Gasteiger partial charge in [0.05, 0.1) is 24.3 Å². The predicted octanol–water partition coefficient (Wildman–Crippen LogP) is 1.63. The Morgan fingerprint density at radius 2 is 1.96 bits per heavy atom. The van der Waals surface area contributed by atoms with E-state index in [1.807, 2.05) is 4.68 Å². The Hall–Kier alpha value is -2.55. The molecule has 1 fully saturated rings. The van der Waals surface area contributed by atoms with E-state index in [2.05, 4.69) is 60.1 Å². The number of rotatable bonds is 6. The van der Waals surface area contributed by atoms with E-state index in [-0.39, 0.29) is 0 Å². The van der Waals surface area contributed by atoms with Gasteiger partial charge < -0.3 is 9.88 Å². The fourth-order valence-corrected chi connectivity index (χ4v) is 3.57. The van der Waals surface area contributed by atoms with Crippen molar-refractivity contribution in [3.05, 3.63) is 24.5 Å². The molecule has 0 spiro atoms. The highest BCUT2D eigenvalue weighted by atomic mass is 15.4. The molecular weight excluding hydrogens is 330 g/mol. The lowest BCUT2D eigenvalue weighted by molar-refractivity contribution is 0.292. The second-order valence-corrected chi connectivity index (χ2v) is 6.67. The third-order valence-corrected chi connectivity index (χ3v) is 5.18. The van der Waals surface area contributed by atoms with Gasteiger partial charge in [-0.25, -0.2) is 19.6 Å². The van der Waals surface area contributed by atoms with Crippen LogP contribution in [0.1, 0.15) is 38.4 Å². The standard InChI is InChI=1S/C17H25N9/c1-3-24(4-2)9-13-10-26(23-22-13)14-5-7-25(8-6-14)17-15-16(19-11-18-15)20-12-21-17/h10-12,14H,3-9H2,1-2H3,(H,18,19,20,21). The van der Waals surface area contributed by atoms with Crippen molar-refractivity contribution in [3.8, 4) is 0 Å². The van der Waals surface area contributed by atoms with E-state index >= 15 is 0 Å². The summed E-state index contributed by atoms with van der Waals surface area (Å²) >= 11 is 0. The molecule has 4 heterocycles.